The Morgan fingerprint density at radius 1 is 0.800 bits per heavy atom. The van der Waals surface area contributed by atoms with Crippen molar-refractivity contribution < 1.29 is 4.79 Å². The molecule has 0 radical (unpaired) electrons. The number of aromatic nitrogens is 1. The molecular weight excluding hydrogens is 246 g/mol. The first kappa shape index (κ1) is 11.2. The summed E-state index contributed by atoms with van der Waals surface area (Å²) in [6.07, 6.45) is 0.927. The molecule has 0 bridgehead atoms. The highest BCUT2D eigenvalue weighted by molar-refractivity contribution is 6.19. The highest BCUT2D eigenvalue weighted by Crippen LogP contribution is 2.33. The Morgan fingerprint density at radius 2 is 1.50 bits per heavy atom. The van der Waals surface area contributed by atoms with Gasteiger partial charge < -0.3 is 4.57 Å². The number of hydrogen-bond acceptors (Lipinski definition) is 1. The van der Waals surface area contributed by atoms with E-state index in [-0.39, 0.29) is 0 Å². The van der Waals surface area contributed by atoms with E-state index < -0.39 is 0 Å². The maximum Gasteiger partial charge on any atom is 0.150 e. The van der Waals surface area contributed by atoms with Crippen LogP contribution in [0.3, 0.4) is 0 Å². The van der Waals surface area contributed by atoms with Gasteiger partial charge in [-0.05, 0) is 11.5 Å². The van der Waals surface area contributed by atoms with Crippen molar-refractivity contribution in [1.82, 2.24) is 4.57 Å². The van der Waals surface area contributed by atoms with Gasteiger partial charge >= 0.3 is 0 Å². The van der Waals surface area contributed by atoms with E-state index in [0.717, 1.165) is 22.6 Å². The molecule has 96 valence electrons. The average Bonchev–Trinajstić information content (AvgIpc) is 2.80. The summed E-state index contributed by atoms with van der Waals surface area (Å²) in [5.74, 6) is 0. The monoisotopic (exact) mass is 259 g/mol. The van der Waals surface area contributed by atoms with Gasteiger partial charge in [0.1, 0.15) is 0 Å². The molecule has 0 saturated carbocycles. The number of para-hydroxylation sites is 1. The third-order valence-electron chi connectivity index (χ3n) is 4.08. The number of rotatable bonds is 1. The molecule has 0 saturated heterocycles. The molecule has 1 aromatic heterocycles. The maximum absolute atomic E-state index is 11.2. The number of carbonyl (C=O) groups excluding carboxylic acids is 1. The molecule has 0 fully saturated rings. The van der Waals surface area contributed by atoms with Crippen molar-refractivity contribution >= 4 is 38.9 Å². The Hall–Kier alpha value is -2.61. The third-order valence-corrected chi connectivity index (χ3v) is 4.08. The van der Waals surface area contributed by atoms with Gasteiger partial charge in [-0.15, -0.1) is 0 Å². The van der Waals surface area contributed by atoms with E-state index >= 15 is 0 Å². The van der Waals surface area contributed by atoms with Crippen LogP contribution in [-0.2, 0) is 7.05 Å². The van der Waals surface area contributed by atoms with Crippen LogP contribution < -0.4 is 0 Å². The molecule has 0 aliphatic carbocycles. The zero-order chi connectivity index (χ0) is 13.7. The first-order chi connectivity index (χ1) is 9.81. The molecule has 0 aliphatic heterocycles. The van der Waals surface area contributed by atoms with Crippen LogP contribution in [0.1, 0.15) is 10.4 Å². The maximum atomic E-state index is 11.2. The summed E-state index contributed by atoms with van der Waals surface area (Å²) < 4.78 is 2.21. The van der Waals surface area contributed by atoms with Crippen molar-refractivity contribution in [3.8, 4) is 0 Å². The van der Waals surface area contributed by atoms with E-state index in [4.69, 9.17) is 0 Å². The molecule has 20 heavy (non-hydrogen) atoms. The topological polar surface area (TPSA) is 22.0 Å². The molecule has 0 aliphatic rings. The van der Waals surface area contributed by atoms with Crippen molar-refractivity contribution in [3.05, 3.63) is 60.2 Å². The van der Waals surface area contributed by atoms with Gasteiger partial charge in [-0.2, -0.15) is 0 Å². The van der Waals surface area contributed by atoms with Gasteiger partial charge in [0.25, 0.3) is 0 Å². The van der Waals surface area contributed by atoms with Gasteiger partial charge in [-0.25, -0.2) is 0 Å². The average molecular weight is 259 g/mol. The lowest BCUT2D eigenvalue weighted by Crippen LogP contribution is -1.89. The summed E-state index contributed by atoms with van der Waals surface area (Å²) in [4.78, 5) is 11.2. The summed E-state index contributed by atoms with van der Waals surface area (Å²) in [5, 5.41) is 4.63. The Balaban J connectivity index is 2.34. The summed E-state index contributed by atoms with van der Waals surface area (Å²) >= 11 is 0. The molecular formula is C18H13NO. The van der Waals surface area contributed by atoms with Crippen LogP contribution in [0.25, 0.3) is 32.6 Å². The fourth-order valence-corrected chi connectivity index (χ4v) is 3.16. The lowest BCUT2D eigenvalue weighted by atomic mass is 10.0. The van der Waals surface area contributed by atoms with Crippen LogP contribution in [0.2, 0.25) is 0 Å². The first-order valence-electron chi connectivity index (χ1n) is 6.65. The summed E-state index contributed by atoms with van der Waals surface area (Å²) in [5.41, 5.74) is 3.15. The summed E-state index contributed by atoms with van der Waals surface area (Å²) in [7, 11) is 2.08. The fraction of sp³-hybridized carbons (Fsp3) is 0.0556. The van der Waals surface area contributed by atoms with Gasteiger partial charge in [0.15, 0.2) is 6.29 Å². The van der Waals surface area contributed by atoms with E-state index in [2.05, 4.69) is 48.0 Å². The Kier molecular flexibility index (Phi) is 2.21. The third kappa shape index (κ3) is 1.31. The van der Waals surface area contributed by atoms with E-state index in [9.17, 15) is 4.79 Å². The highest BCUT2D eigenvalue weighted by atomic mass is 16.1. The Morgan fingerprint density at radius 3 is 2.35 bits per heavy atom. The molecule has 2 nitrogen and oxygen atoms in total. The van der Waals surface area contributed by atoms with Crippen molar-refractivity contribution in [2.75, 3.05) is 0 Å². The SMILES string of the molecule is Cn1c2ccccc2c2ccc3c(C=O)cccc3c21. The molecule has 0 spiro atoms. The predicted octanol–water partition coefficient (Wildman–Crippen LogP) is 4.30. The number of aryl methyl sites for hydroxylation is 1. The molecule has 0 N–H and O–H groups in total. The molecule has 1 heterocycles. The second-order valence-corrected chi connectivity index (χ2v) is 5.10. The molecule has 4 rings (SSSR count). The number of hydrogen-bond donors (Lipinski definition) is 0. The highest BCUT2D eigenvalue weighted by Gasteiger charge is 2.11. The zero-order valence-electron chi connectivity index (χ0n) is 11.1. The summed E-state index contributed by atoms with van der Waals surface area (Å²) in [6, 6.07) is 18.5. The zero-order valence-corrected chi connectivity index (χ0v) is 11.1. The van der Waals surface area contributed by atoms with E-state index in [0.29, 0.717) is 0 Å². The van der Waals surface area contributed by atoms with Crippen LogP contribution in [0.5, 0.6) is 0 Å². The van der Waals surface area contributed by atoms with Crippen molar-refractivity contribution in [3.63, 3.8) is 0 Å². The number of aldehydes is 1. The number of fused-ring (bicyclic) bond motifs is 5. The quantitative estimate of drug-likeness (QED) is 0.467. The van der Waals surface area contributed by atoms with Gasteiger partial charge in [0, 0.05) is 34.3 Å². The second-order valence-electron chi connectivity index (χ2n) is 5.10. The second kappa shape index (κ2) is 3.94. The Labute approximate surface area is 116 Å². The fourth-order valence-electron chi connectivity index (χ4n) is 3.16. The lowest BCUT2D eigenvalue weighted by Gasteiger charge is -2.05. The molecule has 0 atom stereocenters. The molecule has 0 unspecified atom stereocenters. The van der Waals surface area contributed by atoms with Gasteiger partial charge in [-0.3, -0.25) is 4.79 Å². The molecule has 3 aromatic carbocycles. The normalized spacial score (nSPS) is 11.4. The number of benzene rings is 3. The van der Waals surface area contributed by atoms with Crippen LogP contribution in [-0.4, -0.2) is 10.9 Å². The Bertz CT molecular complexity index is 979. The van der Waals surface area contributed by atoms with Gasteiger partial charge in [-0.1, -0.05) is 48.5 Å². The minimum atomic E-state index is 0.745. The van der Waals surface area contributed by atoms with Crippen molar-refractivity contribution in [2.45, 2.75) is 0 Å². The minimum Gasteiger partial charge on any atom is -0.343 e. The van der Waals surface area contributed by atoms with E-state index in [1.165, 1.54) is 21.8 Å². The standard InChI is InChI=1S/C18H13NO/c1-19-17-8-3-2-6-14(17)16-10-9-13-12(11-20)5-4-7-15(13)18(16)19/h2-11H,1H3. The smallest absolute Gasteiger partial charge is 0.150 e. The summed E-state index contributed by atoms with van der Waals surface area (Å²) in [6.45, 7) is 0. The van der Waals surface area contributed by atoms with E-state index in [1.807, 2.05) is 18.2 Å². The minimum absolute atomic E-state index is 0.745. The first-order valence-corrected chi connectivity index (χ1v) is 6.65. The molecule has 2 heteroatoms. The van der Waals surface area contributed by atoms with Crippen LogP contribution >= 0.6 is 0 Å². The number of nitrogens with zero attached hydrogens (tertiary/aromatic N) is 1. The van der Waals surface area contributed by atoms with Crippen molar-refractivity contribution in [2.24, 2.45) is 7.05 Å². The largest absolute Gasteiger partial charge is 0.343 e. The van der Waals surface area contributed by atoms with E-state index in [1.54, 1.807) is 0 Å². The number of carbonyl (C=O) groups is 1. The predicted molar refractivity (Wildman–Crippen MR) is 83.3 cm³/mol. The van der Waals surface area contributed by atoms with Crippen molar-refractivity contribution in [1.29, 1.82) is 0 Å². The molecule has 0 amide bonds. The lowest BCUT2D eigenvalue weighted by molar-refractivity contribution is 0.112. The van der Waals surface area contributed by atoms with Crippen LogP contribution in [0, 0.1) is 0 Å². The molecule has 4 aromatic rings. The van der Waals surface area contributed by atoms with Crippen LogP contribution in [0.4, 0.5) is 0 Å². The van der Waals surface area contributed by atoms with Crippen LogP contribution in [0.15, 0.2) is 54.6 Å². The van der Waals surface area contributed by atoms with Gasteiger partial charge in [0.05, 0.1) is 5.52 Å². The van der Waals surface area contributed by atoms with Gasteiger partial charge in [0.2, 0.25) is 0 Å².